The topological polar surface area (TPSA) is 125 Å². The number of alkyl carbamates (subject to hydrolysis) is 1. The Bertz CT molecular complexity index is 1710. The Labute approximate surface area is 262 Å². The molecule has 5 rings (SSSR count). The molecule has 0 bridgehead atoms. The first-order valence-electron chi connectivity index (χ1n) is 14.9. The number of hydrogen-bond acceptors (Lipinski definition) is 6. The average molecular weight is 605 g/mol. The van der Waals surface area contributed by atoms with E-state index in [-0.39, 0.29) is 60.2 Å². The van der Waals surface area contributed by atoms with Crippen LogP contribution in [0.5, 0.6) is 0 Å². The van der Waals surface area contributed by atoms with Gasteiger partial charge in [-0.1, -0.05) is 86.4 Å². The van der Waals surface area contributed by atoms with Crippen molar-refractivity contribution in [3.05, 3.63) is 106 Å². The molecule has 0 aromatic heterocycles. The highest BCUT2D eigenvalue weighted by molar-refractivity contribution is 6.22. The summed E-state index contributed by atoms with van der Waals surface area (Å²) in [7, 11) is 0. The largest absolute Gasteiger partial charge is 0.511 e. The molecule has 1 unspecified atom stereocenters. The van der Waals surface area contributed by atoms with Crippen molar-refractivity contribution in [2.75, 3.05) is 13.2 Å². The number of benzene rings is 3. The van der Waals surface area contributed by atoms with Crippen LogP contribution in [0.4, 0.5) is 4.79 Å². The number of Topliss-reactive ketones (excluding diaryl/α,β-unsaturated/α-hetero) is 1. The fraction of sp³-hybridized carbons (Fsp3) is 0.297. The maximum atomic E-state index is 12.6. The fourth-order valence-electron chi connectivity index (χ4n) is 6.04. The van der Waals surface area contributed by atoms with E-state index in [9.17, 15) is 24.6 Å². The molecule has 1 atom stereocenters. The van der Waals surface area contributed by atoms with Crippen molar-refractivity contribution >= 4 is 23.6 Å². The molecule has 0 radical (unpaired) electrons. The van der Waals surface area contributed by atoms with Gasteiger partial charge in [-0.2, -0.15) is 0 Å². The van der Waals surface area contributed by atoms with Crippen LogP contribution in [0, 0.1) is 17.3 Å². The smallest absolute Gasteiger partial charge is 0.407 e. The number of aliphatic carboxylic acids is 1. The number of nitrogens with zero attached hydrogens (tertiary/aromatic N) is 1. The molecule has 0 aliphatic heterocycles. The molecule has 2 aliphatic rings. The molecule has 0 heterocycles. The number of carbonyl (C=O) groups excluding carboxylic acids is 2. The molecule has 0 saturated heterocycles. The standard InChI is InChI=1S/C37H36N2O6/c1-23(34-32(40)20-37(2,3)21-33(34)41)39-31(35(42)43)19-25-16-14-24(15-17-25)9-8-18-38-36(44)45-22-30-28-12-6-4-10-26(28)27-11-5-7-13-29(27)30/h4-7,10-17,30-31,40H,18-22H2,1-3H3,(H,38,44)(H,42,43). The first kappa shape index (κ1) is 31.3. The number of rotatable bonds is 8. The zero-order valence-corrected chi connectivity index (χ0v) is 25.6. The Morgan fingerprint density at radius 3 is 2.22 bits per heavy atom. The van der Waals surface area contributed by atoms with Crippen molar-refractivity contribution in [2.45, 2.75) is 52.0 Å². The second-order valence-corrected chi connectivity index (χ2v) is 12.2. The third-order valence-electron chi connectivity index (χ3n) is 8.13. The molecule has 1 amide bonds. The summed E-state index contributed by atoms with van der Waals surface area (Å²) in [5.41, 5.74) is 6.05. The van der Waals surface area contributed by atoms with Crippen LogP contribution in [-0.4, -0.2) is 53.0 Å². The Morgan fingerprint density at radius 2 is 1.62 bits per heavy atom. The van der Waals surface area contributed by atoms with Gasteiger partial charge in [0.1, 0.15) is 12.4 Å². The number of carboxylic acids is 1. The monoisotopic (exact) mass is 604 g/mol. The molecule has 8 nitrogen and oxygen atoms in total. The second kappa shape index (κ2) is 13.2. The predicted octanol–water partition coefficient (Wildman–Crippen LogP) is 6.23. The van der Waals surface area contributed by atoms with Crippen molar-refractivity contribution in [1.29, 1.82) is 0 Å². The van der Waals surface area contributed by atoms with E-state index in [0.717, 1.165) is 16.7 Å². The Balaban J connectivity index is 1.13. The number of nitrogens with one attached hydrogen (secondary N) is 1. The van der Waals surface area contributed by atoms with Gasteiger partial charge < -0.3 is 20.3 Å². The number of allylic oxidation sites excluding steroid dienone is 2. The Kier molecular flexibility index (Phi) is 9.19. The van der Waals surface area contributed by atoms with Crippen LogP contribution in [0.15, 0.2) is 89.1 Å². The molecule has 8 heteroatoms. The van der Waals surface area contributed by atoms with Crippen LogP contribution in [0.1, 0.15) is 61.8 Å². The van der Waals surface area contributed by atoms with Crippen LogP contribution in [0.2, 0.25) is 0 Å². The summed E-state index contributed by atoms with van der Waals surface area (Å²) in [6.45, 7) is 5.70. The van der Waals surface area contributed by atoms with Gasteiger partial charge in [0, 0.05) is 36.5 Å². The van der Waals surface area contributed by atoms with Gasteiger partial charge in [0.05, 0.1) is 12.1 Å². The maximum absolute atomic E-state index is 12.6. The van der Waals surface area contributed by atoms with Gasteiger partial charge in [-0.05, 0) is 52.3 Å². The highest BCUT2D eigenvalue weighted by Crippen LogP contribution is 2.44. The van der Waals surface area contributed by atoms with Crippen molar-refractivity contribution in [3.63, 3.8) is 0 Å². The Morgan fingerprint density at radius 1 is 1.00 bits per heavy atom. The van der Waals surface area contributed by atoms with E-state index in [1.807, 2.05) is 38.1 Å². The molecule has 2 aliphatic carbocycles. The van der Waals surface area contributed by atoms with Crippen LogP contribution in [-0.2, 0) is 20.7 Å². The van der Waals surface area contributed by atoms with E-state index in [1.165, 1.54) is 11.1 Å². The number of aliphatic imine (C=N–C) groups is 1. The van der Waals surface area contributed by atoms with Gasteiger partial charge in [-0.15, -0.1) is 0 Å². The lowest BCUT2D eigenvalue weighted by atomic mass is 9.75. The van der Waals surface area contributed by atoms with Crippen LogP contribution in [0.25, 0.3) is 11.1 Å². The third-order valence-corrected chi connectivity index (χ3v) is 8.13. The van der Waals surface area contributed by atoms with Crippen LogP contribution >= 0.6 is 0 Å². The number of aliphatic hydroxyl groups is 1. The molecule has 3 aromatic carbocycles. The summed E-state index contributed by atoms with van der Waals surface area (Å²) in [6.07, 6.45) is 0.167. The summed E-state index contributed by atoms with van der Waals surface area (Å²) < 4.78 is 5.54. The fourth-order valence-corrected chi connectivity index (χ4v) is 6.04. The van der Waals surface area contributed by atoms with E-state index in [1.54, 1.807) is 31.2 Å². The van der Waals surface area contributed by atoms with Crippen LogP contribution < -0.4 is 5.32 Å². The van der Waals surface area contributed by atoms with E-state index < -0.39 is 18.1 Å². The lowest BCUT2D eigenvalue weighted by molar-refractivity contribution is -0.138. The zero-order valence-electron chi connectivity index (χ0n) is 25.6. The maximum Gasteiger partial charge on any atom is 0.407 e. The minimum atomic E-state index is -1.12. The molecule has 3 N–H and O–H groups in total. The van der Waals surface area contributed by atoms with Crippen molar-refractivity contribution in [3.8, 4) is 23.0 Å². The first-order valence-corrected chi connectivity index (χ1v) is 14.9. The zero-order chi connectivity index (χ0) is 32.1. The van der Waals surface area contributed by atoms with Gasteiger partial charge in [0.15, 0.2) is 11.8 Å². The number of fused-ring (bicyclic) bond motifs is 3. The minimum Gasteiger partial charge on any atom is -0.511 e. The van der Waals surface area contributed by atoms with Gasteiger partial charge in [0.25, 0.3) is 0 Å². The molecule has 0 fully saturated rings. The predicted molar refractivity (Wildman–Crippen MR) is 172 cm³/mol. The minimum absolute atomic E-state index is 0.0190. The normalized spacial score (nSPS) is 16.2. The highest BCUT2D eigenvalue weighted by Gasteiger charge is 2.34. The average Bonchev–Trinajstić information content (AvgIpc) is 3.31. The lowest BCUT2D eigenvalue weighted by Crippen LogP contribution is -2.30. The molecule has 3 aromatic rings. The van der Waals surface area contributed by atoms with Crippen molar-refractivity contribution in [2.24, 2.45) is 10.4 Å². The molecule has 0 saturated carbocycles. The third kappa shape index (κ3) is 7.32. The quantitative estimate of drug-likeness (QED) is 0.207. The molecule has 0 spiro atoms. The highest BCUT2D eigenvalue weighted by atomic mass is 16.5. The first-order chi connectivity index (χ1) is 21.5. The molecular weight excluding hydrogens is 568 g/mol. The summed E-state index contributed by atoms with van der Waals surface area (Å²) in [4.78, 5) is 41.3. The second-order valence-electron chi connectivity index (χ2n) is 12.2. The summed E-state index contributed by atoms with van der Waals surface area (Å²) in [6, 6.07) is 22.3. The summed E-state index contributed by atoms with van der Waals surface area (Å²) in [5.74, 6) is 4.47. The van der Waals surface area contributed by atoms with Gasteiger partial charge in [0.2, 0.25) is 0 Å². The number of hydrogen-bond donors (Lipinski definition) is 3. The number of amides is 1. The molecule has 45 heavy (non-hydrogen) atoms. The van der Waals surface area contributed by atoms with Crippen molar-refractivity contribution in [1.82, 2.24) is 5.32 Å². The molecule has 230 valence electrons. The number of aliphatic hydroxyl groups excluding tert-OH is 1. The number of ketones is 1. The van der Waals surface area contributed by atoms with Gasteiger partial charge in [-0.25, -0.2) is 9.59 Å². The van der Waals surface area contributed by atoms with E-state index in [2.05, 4.69) is 46.4 Å². The number of carboxylic acid groups (broad SMARTS) is 1. The van der Waals surface area contributed by atoms with E-state index in [0.29, 0.717) is 12.0 Å². The van der Waals surface area contributed by atoms with E-state index >= 15 is 0 Å². The molecular formula is C37H36N2O6. The van der Waals surface area contributed by atoms with Gasteiger partial charge >= 0.3 is 12.1 Å². The SMILES string of the molecule is CC(=NC(Cc1ccc(C#CCNC(=O)OCC2c3ccccc3-c3ccccc32)cc1)C(=O)O)C1=C(O)CC(C)(C)CC1=O. The van der Waals surface area contributed by atoms with Gasteiger partial charge in [-0.3, -0.25) is 9.79 Å². The summed E-state index contributed by atoms with van der Waals surface area (Å²) >= 11 is 0. The van der Waals surface area contributed by atoms with Crippen molar-refractivity contribution < 1.29 is 29.3 Å². The Hall–Kier alpha value is -5.16. The summed E-state index contributed by atoms with van der Waals surface area (Å²) in [5, 5.41) is 22.9. The van der Waals surface area contributed by atoms with Crippen LogP contribution in [0.3, 0.4) is 0 Å². The lowest BCUT2D eigenvalue weighted by Gasteiger charge is -2.29. The number of ether oxygens (including phenoxy) is 1. The number of carbonyl (C=O) groups is 3. The van der Waals surface area contributed by atoms with E-state index in [4.69, 9.17) is 4.74 Å².